The van der Waals surface area contributed by atoms with Crippen LogP contribution in [0.4, 0.5) is 4.39 Å². The molecule has 1 aromatic carbocycles. The summed E-state index contributed by atoms with van der Waals surface area (Å²) in [6, 6.07) is 8.96. The Labute approximate surface area is 111 Å². The highest BCUT2D eigenvalue weighted by atomic mass is 35.5. The molecule has 2 nitrogen and oxygen atoms in total. The highest BCUT2D eigenvalue weighted by molar-refractivity contribution is 6.30. The van der Waals surface area contributed by atoms with Gasteiger partial charge >= 0.3 is 0 Å². The molecule has 18 heavy (non-hydrogen) atoms. The van der Waals surface area contributed by atoms with E-state index in [2.05, 4.69) is 5.32 Å². The summed E-state index contributed by atoms with van der Waals surface area (Å²) in [4.78, 5) is 0. The molecule has 1 N–H and O–H groups in total. The van der Waals surface area contributed by atoms with E-state index < -0.39 is 0 Å². The number of nitrogens with one attached hydrogen (secondary N) is 1. The number of likely N-dealkylation sites (N-methyl/N-ethyl adjacent to an activating group) is 1. The summed E-state index contributed by atoms with van der Waals surface area (Å²) in [6.45, 7) is 0. The van der Waals surface area contributed by atoms with Crippen molar-refractivity contribution >= 4 is 11.6 Å². The minimum absolute atomic E-state index is 0.115. The second-order valence-corrected chi connectivity index (χ2v) is 4.59. The number of benzene rings is 1. The van der Waals surface area contributed by atoms with E-state index in [0.717, 1.165) is 12.2 Å². The molecule has 0 fully saturated rings. The SMILES string of the molecule is CNC(Cc1ccco1)Cc1cccc(Cl)c1F. The summed E-state index contributed by atoms with van der Waals surface area (Å²) in [5.41, 5.74) is 0.619. The van der Waals surface area contributed by atoms with Gasteiger partial charge in [-0.05, 0) is 37.2 Å². The van der Waals surface area contributed by atoms with Gasteiger partial charge in [0.25, 0.3) is 0 Å². The molecule has 2 rings (SSSR count). The third-order valence-corrected chi connectivity index (χ3v) is 3.23. The first-order valence-electron chi connectivity index (χ1n) is 5.83. The first-order chi connectivity index (χ1) is 8.70. The quantitative estimate of drug-likeness (QED) is 0.898. The van der Waals surface area contributed by atoms with Crippen LogP contribution in [0.3, 0.4) is 0 Å². The van der Waals surface area contributed by atoms with Gasteiger partial charge in [0.1, 0.15) is 11.6 Å². The van der Waals surface area contributed by atoms with Crippen molar-refractivity contribution < 1.29 is 8.81 Å². The third kappa shape index (κ3) is 3.12. The van der Waals surface area contributed by atoms with Crippen molar-refractivity contribution in [3.63, 3.8) is 0 Å². The topological polar surface area (TPSA) is 25.2 Å². The molecule has 0 bridgehead atoms. The zero-order chi connectivity index (χ0) is 13.0. The van der Waals surface area contributed by atoms with E-state index in [1.165, 1.54) is 0 Å². The van der Waals surface area contributed by atoms with E-state index in [4.69, 9.17) is 16.0 Å². The molecule has 0 saturated carbocycles. The highest BCUT2D eigenvalue weighted by Crippen LogP contribution is 2.20. The summed E-state index contributed by atoms with van der Waals surface area (Å²) in [6.07, 6.45) is 2.93. The minimum Gasteiger partial charge on any atom is -0.469 e. The van der Waals surface area contributed by atoms with Crippen molar-refractivity contribution in [1.82, 2.24) is 5.32 Å². The van der Waals surface area contributed by atoms with Crippen molar-refractivity contribution in [3.05, 3.63) is 58.8 Å². The summed E-state index contributed by atoms with van der Waals surface area (Å²) in [5, 5.41) is 3.33. The normalized spacial score (nSPS) is 12.6. The van der Waals surface area contributed by atoms with Gasteiger partial charge in [0.05, 0.1) is 11.3 Å². The number of furan rings is 1. The Balaban J connectivity index is 2.08. The van der Waals surface area contributed by atoms with Crippen LogP contribution in [0.1, 0.15) is 11.3 Å². The molecule has 0 spiro atoms. The molecular formula is C14H15ClFNO. The summed E-state index contributed by atoms with van der Waals surface area (Å²) in [7, 11) is 1.86. The third-order valence-electron chi connectivity index (χ3n) is 2.93. The number of rotatable bonds is 5. The largest absolute Gasteiger partial charge is 0.469 e. The van der Waals surface area contributed by atoms with E-state index in [9.17, 15) is 4.39 Å². The smallest absolute Gasteiger partial charge is 0.145 e. The average Bonchev–Trinajstić information content (AvgIpc) is 2.86. The molecule has 2 aromatic rings. The van der Waals surface area contributed by atoms with Crippen LogP contribution in [0.25, 0.3) is 0 Å². The number of hydrogen-bond donors (Lipinski definition) is 1. The fraction of sp³-hybridized carbons (Fsp3) is 0.286. The summed E-state index contributed by atoms with van der Waals surface area (Å²) in [5.74, 6) is 0.552. The van der Waals surface area contributed by atoms with E-state index in [-0.39, 0.29) is 16.9 Å². The maximum absolute atomic E-state index is 13.8. The molecule has 0 aliphatic carbocycles. The van der Waals surface area contributed by atoms with Crippen LogP contribution in [0.5, 0.6) is 0 Å². The Morgan fingerprint density at radius 2 is 2.11 bits per heavy atom. The maximum Gasteiger partial charge on any atom is 0.145 e. The summed E-state index contributed by atoms with van der Waals surface area (Å²) < 4.78 is 19.1. The van der Waals surface area contributed by atoms with Gasteiger partial charge in [-0.15, -0.1) is 0 Å². The van der Waals surface area contributed by atoms with E-state index in [0.29, 0.717) is 12.0 Å². The van der Waals surface area contributed by atoms with Gasteiger partial charge in [-0.2, -0.15) is 0 Å². The van der Waals surface area contributed by atoms with E-state index >= 15 is 0 Å². The number of hydrogen-bond acceptors (Lipinski definition) is 2. The highest BCUT2D eigenvalue weighted by Gasteiger charge is 2.14. The Bertz CT molecular complexity index is 499. The van der Waals surface area contributed by atoms with E-state index in [1.807, 2.05) is 19.2 Å². The maximum atomic E-state index is 13.8. The molecule has 0 amide bonds. The Morgan fingerprint density at radius 3 is 2.78 bits per heavy atom. The first-order valence-corrected chi connectivity index (χ1v) is 6.21. The van der Waals surface area contributed by atoms with Crippen molar-refractivity contribution in [3.8, 4) is 0 Å². The second-order valence-electron chi connectivity index (χ2n) is 4.19. The Kier molecular flexibility index (Phi) is 4.39. The van der Waals surface area contributed by atoms with Crippen LogP contribution < -0.4 is 5.32 Å². The Morgan fingerprint density at radius 1 is 1.28 bits per heavy atom. The van der Waals surface area contributed by atoms with Gasteiger partial charge in [0.15, 0.2) is 0 Å². The van der Waals surface area contributed by atoms with Crippen LogP contribution in [-0.4, -0.2) is 13.1 Å². The van der Waals surface area contributed by atoms with Crippen LogP contribution in [0, 0.1) is 5.82 Å². The molecule has 0 aliphatic rings. The minimum atomic E-state index is -0.334. The van der Waals surface area contributed by atoms with Crippen molar-refractivity contribution in [2.75, 3.05) is 7.05 Å². The zero-order valence-corrected chi connectivity index (χ0v) is 10.9. The van der Waals surface area contributed by atoms with Crippen molar-refractivity contribution in [1.29, 1.82) is 0 Å². The average molecular weight is 268 g/mol. The van der Waals surface area contributed by atoms with Crippen LogP contribution in [-0.2, 0) is 12.8 Å². The number of halogens is 2. The lowest BCUT2D eigenvalue weighted by Crippen LogP contribution is -2.30. The molecule has 1 heterocycles. The van der Waals surface area contributed by atoms with Gasteiger partial charge in [-0.3, -0.25) is 0 Å². The monoisotopic (exact) mass is 267 g/mol. The molecule has 96 valence electrons. The fourth-order valence-corrected chi connectivity index (χ4v) is 2.11. The lowest BCUT2D eigenvalue weighted by atomic mass is 10.0. The predicted octanol–water partition coefficient (Wildman–Crippen LogP) is 3.45. The van der Waals surface area contributed by atoms with Crippen LogP contribution in [0.15, 0.2) is 41.0 Å². The van der Waals surface area contributed by atoms with Gasteiger partial charge < -0.3 is 9.73 Å². The first kappa shape index (κ1) is 13.1. The van der Waals surface area contributed by atoms with Gasteiger partial charge in [0.2, 0.25) is 0 Å². The van der Waals surface area contributed by atoms with Crippen molar-refractivity contribution in [2.45, 2.75) is 18.9 Å². The molecule has 0 aliphatic heterocycles. The molecule has 0 radical (unpaired) electrons. The molecule has 1 atom stereocenters. The standard InChI is InChI=1S/C14H15ClFNO/c1-17-11(9-12-5-3-7-18-12)8-10-4-2-6-13(15)14(10)16/h2-7,11,17H,8-9H2,1H3. The Hall–Kier alpha value is -1.32. The fourth-order valence-electron chi connectivity index (χ4n) is 1.92. The van der Waals surface area contributed by atoms with Crippen molar-refractivity contribution in [2.24, 2.45) is 0 Å². The molecule has 1 aromatic heterocycles. The molecule has 0 saturated heterocycles. The summed E-state index contributed by atoms with van der Waals surface area (Å²) >= 11 is 5.77. The van der Waals surface area contributed by atoms with Gasteiger partial charge in [-0.1, -0.05) is 23.7 Å². The lowest BCUT2D eigenvalue weighted by molar-refractivity contribution is 0.452. The molecular weight excluding hydrogens is 253 g/mol. The zero-order valence-electron chi connectivity index (χ0n) is 10.1. The van der Waals surface area contributed by atoms with Crippen LogP contribution >= 0.6 is 11.6 Å². The van der Waals surface area contributed by atoms with Gasteiger partial charge in [-0.25, -0.2) is 4.39 Å². The second kappa shape index (κ2) is 6.03. The van der Waals surface area contributed by atoms with Gasteiger partial charge in [0, 0.05) is 12.5 Å². The van der Waals surface area contributed by atoms with Crippen LogP contribution in [0.2, 0.25) is 5.02 Å². The predicted molar refractivity (Wildman–Crippen MR) is 70.4 cm³/mol. The molecule has 4 heteroatoms. The van der Waals surface area contributed by atoms with E-state index in [1.54, 1.807) is 24.5 Å². The molecule has 1 unspecified atom stereocenters. The lowest BCUT2D eigenvalue weighted by Gasteiger charge is -2.15.